The number of tetrazole rings is 1. The summed E-state index contributed by atoms with van der Waals surface area (Å²) < 4.78 is 0. The lowest BCUT2D eigenvalue weighted by Gasteiger charge is -2.19. The van der Waals surface area contributed by atoms with Crippen LogP contribution in [0.5, 0.6) is 0 Å². The largest absolute Gasteiger partial charge is 0.375 e. The van der Waals surface area contributed by atoms with Gasteiger partial charge in [-0.1, -0.05) is 36.7 Å². The zero-order chi connectivity index (χ0) is 21.3. The molecule has 0 radical (unpaired) electrons. The number of halogens is 1. The minimum atomic E-state index is -0.481. The number of nitrogens with one attached hydrogen (secondary N) is 1. The normalized spacial score (nSPS) is 11.8. The molecule has 3 rings (SSSR count). The van der Waals surface area contributed by atoms with Crippen molar-refractivity contribution in [3.8, 4) is 11.4 Å². The van der Waals surface area contributed by atoms with Crippen molar-refractivity contribution in [3.63, 3.8) is 0 Å². The summed E-state index contributed by atoms with van der Waals surface area (Å²) in [6.07, 6.45) is 2.48. The molecule has 1 atom stereocenters. The molecule has 1 unspecified atom stereocenters. The minimum absolute atomic E-state index is 0.0889. The van der Waals surface area contributed by atoms with E-state index in [-0.39, 0.29) is 5.91 Å². The van der Waals surface area contributed by atoms with Crippen LogP contribution in [-0.2, 0) is 4.79 Å². The summed E-state index contributed by atoms with van der Waals surface area (Å²) in [6.45, 7) is 3.49. The third-order valence-electron chi connectivity index (χ3n) is 4.92. The van der Waals surface area contributed by atoms with Crippen LogP contribution >= 0.6 is 11.6 Å². The van der Waals surface area contributed by atoms with Crippen LogP contribution in [0.4, 0.5) is 5.69 Å². The Balaban J connectivity index is 1.46. The molecule has 7 nitrogen and oxygen atoms in total. The molecule has 1 N–H and O–H groups in total. The molecule has 0 saturated carbocycles. The van der Waals surface area contributed by atoms with Crippen molar-refractivity contribution in [2.45, 2.75) is 32.2 Å². The highest BCUT2D eigenvalue weighted by Gasteiger charge is 2.21. The number of amides is 1. The van der Waals surface area contributed by atoms with Crippen molar-refractivity contribution in [1.29, 1.82) is 0 Å². The van der Waals surface area contributed by atoms with Crippen LogP contribution in [0.15, 0.2) is 54.6 Å². The predicted octanol–water partition coefficient (Wildman–Crippen LogP) is 3.98. The number of nitrogens with zero attached hydrogens (tertiary/aromatic N) is 5. The van der Waals surface area contributed by atoms with Gasteiger partial charge in [-0.3, -0.25) is 4.79 Å². The van der Waals surface area contributed by atoms with E-state index in [2.05, 4.69) is 44.8 Å². The molecule has 0 bridgehead atoms. The maximum atomic E-state index is 12.6. The predicted molar refractivity (Wildman–Crippen MR) is 120 cm³/mol. The first-order valence-corrected chi connectivity index (χ1v) is 10.6. The summed E-state index contributed by atoms with van der Waals surface area (Å²) in [7, 11) is 2.08. The van der Waals surface area contributed by atoms with Gasteiger partial charge in [-0.05, 0) is 60.9 Å². The number of benzene rings is 2. The van der Waals surface area contributed by atoms with Crippen molar-refractivity contribution in [1.82, 2.24) is 25.5 Å². The number of carbonyl (C=O) groups is 1. The van der Waals surface area contributed by atoms with Gasteiger partial charge >= 0.3 is 0 Å². The van der Waals surface area contributed by atoms with Gasteiger partial charge in [0.25, 0.3) is 0 Å². The van der Waals surface area contributed by atoms with Gasteiger partial charge in [-0.25, -0.2) is 0 Å². The number of rotatable bonds is 10. The maximum absolute atomic E-state index is 12.6. The first-order chi connectivity index (χ1) is 14.6. The van der Waals surface area contributed by atoms with Crippen LogP contribution in [0.1, 0.15) is 32.2 Å². The molecule has 1 amide bonds. The zero-order valence-electron chi connectivity index (χ0n) is 17.3. The Labute approximate surface area is 182 Å². The van der Waals surface area contributed by atoms with Gasteiger partial charge in [0.15, 0.2) is 6.04 Å². The van der Waals surface area contributed by atoms with Crippen LogP contribution in [0.3, 0.4) is 0 Å². The molecule has 1 aromatic heterocycles. The summed E-state index contributed by atoms with van der Waals surface area (Å²) in [4.78, 5) is 16.2. The highest BCUT2D eigenvalue weighted by atomic mass is 35.5. The Morgan fingerprint density at radius 2 is 1.87 bits per heavy atom. The van der Waals surface area contributed by atoms with Crippen LogP contribution in [0, 0.1) is 0 Å². The third-order valence-corrected chi connectivity index (χ3v) is 5.17. The second-order valence-electron chi connectivity index (χ2n) is 7.12. The molecule has 0 spiro atoms. The average molecular weight is 427 g/mol. The fourth-order valence-electron chi connectivity index (χ4n) is 3.14. The van der Waals surface area contributed by atoms with E-state index in [0.717, 1.165) is 24.9 Å². The Morgan fingerprint density at radius 1 is 1.13 bits per heavy atom. The Bertz CT molecular complexity index is 928. The SMILES string of the molecule is CCC(C(=O)NCCCCN(C)c1ccccc1)n1nnc(-c2ccc(Cl)cc2)n1. The molecule has 30 heavy (non-hydrogen) atoms. The molecule has 0 aliphatic carbocycles. The second kappa shape index (κ2) is 10.7. The molecule has 3 aromatic rings. The van der Waals surface area contributed by atoms with Gasteiger partial charge in [0.1, 0.15) is 0 Å². The zero-order valence-corrected chi connectivity index (χ0v) is 18.1. The number of unbranched alkanes of at least 4 members (excludes halogenated alkanes) is 1. The van der Waals surface area contributed by atoms with Gasteiger partial charge in [0.2, 0.25) is 11.7 Å². The summed E-state index contributed by atoms with van der Waals surface area (Å²) in [5.74, 6) is 0.385. The molecule has 1 heterocycles. The molecule has 8 heteroatoms. The smallest absolute Gasteiger partial charge is 0.246 e. The molecule has 0 fully saturated rings. The number of para-hydroxylation sites is 1. The van der Waals surface area contributed by atoms with E-state index >= 15 is 0 Å². The summed E-state index contributed by atoms with van der Waals surface area (Å²) in [5, 5.41) is 16.2. The molecular formula is C22H27ClN6O. The summed E-state index contributed by atoms with van der Waals surface area (Å²) in [5.41, 5.74) is 2.00. The van der Waals surface area contributed by atoms with Crippen LogP contribution in [0.25, 0.3) is 11.4 Å². The minimum Gasteiger partial charge on any atom is -0.375 e. The lowest BCUT2D eigenvalue weighted by Crippen LogP contribution is -2.34. The van der Waals surface area contributed by atoms with E-state index in [1.54, 1.807) is 12.1 Å². The van der Waals surface area contributed by atoms with Gasteiger partial charge in [0, 0.05) is 36.4 Å². The van der Waals surface area contributed by atoms with Gasteiger partial charge < -0.3 is 10.2 Å². The van der Waals surface area contributed by atoms with E-state index in [9.17, 15) is 4.79 Å². The van der Waals surface area contributed by atoms with Crippen molar-refractivity contribution < 1.29 is 4.79 Å². The van der Waals surface area contributed by atoms with Crippen LogP contribution < -0.4 is 10.2 Å². The fourth-order valence-corrected chi connectivity index (χ4v) is 3.27. The lowest BCUT2D eigenvalue weighted by molar-refractivity contribution is -0.125. The Morgan fingerprint density at radius 3 is 2.57 bits per heavy atom. The summed E-state index contributed by atoms with van der Waals surface area (Å²) >= 11 is 5.92. The lowest BCUT2D eigenvalue weighted by atomic mass is 10.2. The van der Waals surface area contributed by atoms with Gasteiger partial charge in [-0.2, -0.15) is 4.80 Å². The van der Waals surface area contributed by atoms with Crippen molar-refractivity contribution in [3.05, 3.63) is 59.6 Å². The molecule has 0 saturated heterocycles. The average Bonchev–Trinajstić information content (AvgIpc) is 3.24. The highest BCUT2D eigenvalue weighted by Crippen LogP contribution is 2.18. The van der Waals surface area contributed by atoms with E-state index in [1.165, 1.54) is 10.5 Å². The van der Waals surface area contributed by atoms with Crippen molar-refractivity contribution >= 4 is 23.2 Å². The van der Waals surface area contributed by atoms with Crippen LogP contribution in [-0.4, -0.2) is 46.3 Å². The number of hydrogen-bond donors (Lipinski definition) is 1. The van der Waals surface area contributed by atoms with Gasteiger partial charge in [-0.15, -0.1) is 10.2 Å². The van der Waals surface area contributed by atoms with Crippen LogP contribution in [0.2, 0.25) is 5.02 Å². The fraction of sp³-hybridized carbons (Fsp3) is 0.364. The molecule has 2 aromatic carbocycles. The second-order valence-corrected chi connectivity index (χ2v) is 7.56. The molecule has 0 aliphatic heterocycles. The van der Waals surface area contributed by atoms with E-state index in [1.807, 2.05) is 37.3 Å². The topological polar surface area (TPSA) is 75.9 Å². The first kappa shape index (κ1) is 21.8. The number of anilines is 1. The van der Waals surface area contributed by atoms with E-state index in [4.69, 9.17) is 11.6 Å². The van der Waals surface area contributed by atoms with E-state index in [0.29, 0.717) is 23.8 Å². The summed E-state index contributed by atoms with van der Waals surface area (Å²) in [6, 6.07) is 17.0. The van der Waals surface area contributed by atoms with Gasteiger partial charge in [0.05, 0.1) is 0 Å². The van der Waals surface area contributed by atoms with E-state index < -0.39 is 6.04 Å². The molecular weight excluding hydrogens is 400 g/mol. The first-order valence-electron chi connectivity index (χ1n) is 10.2. The Kier molecular flexibility index (Phi) is 7.79. The Hall–Kier alpha value is -2.93. The quantitative estimate of drug-likeness (QED) is 0.496. The number of aromatic nitrogens is 4. The van der Waals surface area contributed by atoms with Crippen molar-refractivity contribution in [2.24, 2.45) is 0 Å². The monoisotopic (exact) mass is 426 g/mol. The highest BCUT2D eigenvalue weighted by molar-refractivity contribution is 6.30. The molecule has 0 aliphatic rings. The molecule has 158 valence electrons. The maximum Gasteiger partial charge on any atom is 0.246 e. The number of hydrogen-bond acceptors (Lipinski definition) is 5. The van der Waals surface area contributed by atoms with Crippen molar-refractivity contribution in [2.75, 3.05) is 25.0 Å². The number of carbonyl (C=O) groups excluding carboxylic acids is 1. The standard InChI is InChI=1S/C22H27ClN6O/c1-3-20(29-26-21(25-27-29)17-11-13-18(23)14-12-17)22(30)24-15-7-8-16-28(2)19-9-5-4-6-10-19/h4-6,9-14,20H,3,7-8,15-16H2,1-2H3,(H,24,30). The third kappa shape index (κ3) is 5.79.